The van der Waals surface area contributed by atoms with Crippen molar-refractivity contribution in [2.45, 2.75) is 82.9 Å². The molecule has 3 atom stereocenters. The highest BCUT2D eigenvalue weighted by molar-refractivity contribution is 7.82. The van der Waals surface area contributed by atoms with E-state index in [1.54, 1.807) is 27.7 Å². The molecule has 212 valence electrons. The molecule has 1 amide bonds. The van der Waals surface area contributed by atoms with Gasteiger partial charge in [0, 0.05) is 24.8 Å². The number of esters is 1. The topological polar surface area (TPSA) is 183 Å². The maximum absolute atomic E-state index is 12.8. The SMILES string of the molecule is CC(N)(S)C(=O)COCCOCCNC(C)(C)C(=O)CC[C@@H]1NC(=O)C(C)(C)CC(C)(C(=O)O)OC1=O. The van der Waals surface area contributed by atoms with Gasteiger partial charge in [-0.2, -0.15) is 0 Å². The third-order valence-electron chi connectivity index (χ3n) is 6.10. The van der Waals surface area contributed by atoms with Crippen LogP contribution >= 0.6 is 12.6 Å². The van der Waals surface area contributed by atoms with Gasteiger partial charge >= 0.3 is 11.9 Å². The number of Topliss-reactive ketones (excluding diaryl/α,β-unsaturated/α-hetero) is 2. The molecule has 12 nitrogen and oxygen atoms in total. The van der Waals surface area contributed by atoms with Crippen molar-refractivity contribution in [1.82, 2.24) is 10.6 Å². The number of aliphatic carboxylic acids is 1. The zero-order valence-corrected chi connectivity index (χ0v) is 23.4. The van der Waals surface area contributed by atoms with E-state index in [0.29, 0.717) is 6.54 Å². The van der Waals surface area contributed by atoms with Crippen LogP contribution in [0.4, 0.5) is 0 Å². The van der Waals surface area contributed by atoms with Crippen molar-refractivity contribution in [1.29, 1.82) is 0 Å². The summed E-state index contributed by atoms with van der Waals surface area (Å²) in [6, 6.07) is -1.15. The van der Waals surface area contributed by atoms with E-state index < -0.39 is 45.3 Å². The maximum atomic E-state index is 12.8. The highest BCUT2D eigenvalue weighted by atomic mass is 32.1. The quantitative estimate of drug-likeness (QED) is 0.0817. The molecule has 1 aliphatic heterocycles. The second-order valence-electron chi connectivity index (χ2n) is 10.8. The standard InChI is InChI=1S/C24H41N3O9S/c1-21(2)14-23(5,20(32)33)36-18(30)15(27-19(21)31)7-8-16(28)22(3,4)26-9-10-34-11-12-35-13-17(29)24(6,25)37/h15,26,37H,7-14,25H2,1-6H3,(H,27,31)(H,32,33)/t15-,23?,24?/m0/s1. The van der Waals surface area contributed by atoms with Gasteiger partial charge in [0.05, 0.1) is 25.4 Å². The molecule has 0 radical (unpaired) electrons. The van der Waals surface area contributed by atoms with Crippen LogP contribution in [0.1, 0.15) is 60.8 Å². The molecule has 1 fully saturated rings. The number of hydrogen-bond donors (Lipinski definition) is 5. The summed E-state index contributed by atoms with van der Waals surface area (Å²) in [6.07, 6.45) is -0.288. The normalized spacial score (nSPS) is 23.7. The van der Waals surface area contributed by atoms with Gasteiger partial charge in [-0.1, -0.05) is 13.8 Å². The lowest BCUT2D eigenvalue weighted by Crippen LogP contribution is -2.57. The Bertz CT molecular complexity index is 870. The fourth-order valence-electron chi connectivity index (χ4n) is 3.63. The number of carbonyl (C=O) groups is 5. The summed E-state index contributed by atoms with van der Waals surface area (Å²) in [5.41, 5.74) is 1.64. The van der Waals surface area contributed by atoms with E-state index in [0.717, 1.165) is 0 Å². The van der Waals surface area contributed by atoms with Gasteiger partial charge < -0.3 is 35.7 Å². The number of thiol groups is 1. The van der Waals surface area contributed by atoms with E-state index in [9.17, 15) is 29.1 Å². The number of ketones is 2. The molecular weight excluding hydrogens is 506 g/mol. The number of carboxylic acid groups (broad SMARTS) is 1. The number of nitrogens with one attached hydrogen (secondary N) is 2. The first-order valence-electron chi connectivity index (χ1n) is 12.1. The van der Waals surface area contributed by atoms with Crippen molar-refractivity contribution in [3.05, 3.63) is 0 Å². The lowest BCUT2D eigenvalue weighted by Gasteiger charge is -2.38. The second kappa shape index (κ2) is 13.1. The Morgan fingerprint density at radius 1 is 1.14 bits per heavy atom. The fraction of sp³-hybridized carbons (Fsp3) is 0.792. The Labute approximate surface area is 223 Å². The first-order chi connectivity index (χ1) is 16.8. The van der Waals surface area contributed by atoms with Crippen LogP contribution in [0.3, 0.4) is 0 Å². The molecule has 1 rings (SSSR count). The average molecular weight is 548 g/mol. The van der Waals surface area contributed by atoms with Crippen molar-refractivity contribution in [2.75, 3.05) is 33.0 Å². The molecule has 1 saturated heterocycles. The summed E-state index contributed by atoms with van der Waals surface area (Å²) in [4.78, 5) is 60.2. The Morgan fingerprint density at radius 3 is 2.30 bits per heavy atom. The number of ether oxygens (including phenoxy) is 3. The number of nitrogens with two attached hydrogens (primary N) is 1. The highest BCUT2D eigenvalue weighted by Gasteiger charge is 2.49. The average Bonchev–Trinajstić information content (AvgIpc) is 2.75. The minimum atomic E-state index is -1.86. The van der Waals surface area contributed by atoms with Gasteiger partial charge in [-0.15, -0.1) is 12.6 Å². The molecule has 1 aliphatic rings. The number of rotatable bonds is 15. The molecule has 0 aromatic rings. The van der Waals surface area contributed by atoms with Gasteiger partial charge in [0.1, 0.15) is 17.5 Å². The Morgan fingerprint density at radius 2 is 1.73 bits per heavy atom. The van der Waals surface area contributed by atoms with Crippen LogP contribution < -0.4 is 16.4 Å². The molecule has 0 bridgehead atoms. The molecular formula is C24H41N3O9S. The van der Waals surface area contributed by atoms with Gasteiger partial charge in [0.2, 0.25) is 11.5 Å². The summed E-state index contributed by atoms with van der Waals surface area (Å²) < 4.78 is 15.9. The van der Waals surface area contributed by atoms with Crippen LogP contribution in [-0.4, -0.2) is 89.5 Å². The van der Waals surface area contributed by atoms with Gasteiger partial charge in [-0.25, -0.2) is 9.59 Å². The van der Waals surface area contributed by atoms with Crippen LogP contribution in [0.25, 0.3) is 0 Å². The van der Waals surface area contributed by atoms with Crippen LogP contribution in [0.2, 0.25) is 0 Å². The zero-order valence-electron chi connectivity index (χ0n) is 22.5. The highest BCUT2D eigenvalue weighted by Crippen LogP contribution is 2.33. The minimum Gasteiger partial charge on any atom is -0.478 e. The zero-order chi connectivity index (χ0) is 28.7. The van der Waals surface area contributed by atoms with Gasteiger partial charge in [-0.3, -0.25) is 14.4 Å². The first kappa shape index (κ1) is 33.0. The fourth-order valence-corrected chi connectivity index (χ4v) is 3.69. The van der Waals surface area contributed by atoms with E-state index >= 15 is 0 Å². The summed E-state index contributed by atoms with van der Waals surface area (Å²) in [6.45, 7) is 10.2. The lowest BCUT2D eigenvalue weighted by molar-refractivity contribution is -0.185. The van der Waals surface area contributed by atoms with Gasteiger partial charge in [0.15, 0.2) is 11.6 Å². The number of amides is 1. The smallest absolute Gasteiger partial charge is 0.347 e. The van der Waals surface area contributed by atoms with Crippen LogP contribution in [0.5, 0.6) is 0 Å². The Kier molecular flexibility index (Phi) is 11.7. The van der Waals surface area contributed by atoms with E-state index in [-0.39, 0.29) is 57.3 Å². The van der Waals surface area contributed by atoms with Crippen molar-refractivity contribution < 1.29 is 43.3 Å². The molecule has 5 N–H and O–H groups in total. The molecule has 0 aromatic carbocycles. The third kappa shape index (κ3) is 10.3. The number of hydrogen-bond acceptors (Lipinski definition) is 11. The van der Waals surface area contributed by atoms with E-state index in [4.69, 9.17) is 19.9 Å². The monoisotopic (exact) mass is 547 g/mol. The van der Waals surface area contributed by atoms with Crippen molar-refractivity contribution >= 4 is 42.0 Å². The van der Waals surface area contributed by atoms with Crippen molar-refractivity contribution in [3.8, 4) is 0 Å². The van der Waals surface area contributed by atoms with Crippen LogP contribution in [0.15, 0.2) is 0 Å². The summed E-state index contributed by atoms with van der Waals surface area (Å²) in [7, 11) is 0. The predicted octanol–water partition coefficient (Wildman–Crippen LogP) is 0.212. The summed E-state index contributed by atoms with van der Waals surface area (Å²) in [5.74, 6) is -3.28. The van der Waals surface area contributed by atoms with Crippen molar-refractivity contribution in [2.24, 2.45) is 11.1 Å². The Balaban J connectivity index is 2.51. The predicted molar refractivity (Wildman–Crippen MR) is 137 cm³/mol. The summed E-state index contributed by atoms with van der Waals surface area (Å²) in [5, 5.41) is 15.2. The first-order valence-corrected chi connectivity index (χ1v) is 12.5. The molecule has 0 spiro atoms. The van der Waals surface area contributed by atoms with E-state index in [1.165, 1.54) is 13.8 Å². The van der Waals surface area contributed by atoms with Gasteiger partial charge in [0.25, 0.3) is 0 Å². The number of cyclic esters (lactones) is 1. The molecule has 2 unspecified atom stereocenters. The molecule has 0 aliphatic carbocycles. The van der Waals surface area contributed by atoms with E-state index in [1.807, 2.05) is 0 Å². The molecule has 0 aromatic heterocycles. The third-order valence-corrected chi connectivity index (χ3v) is 6.35. The number of carboxylic acids is 1. The van der Waals surface area contributed by atoms with E-state index in [2.05, 4.69) is 23.3 Å². The van der Waals surface area contributed by atoms with Crippen LogP contribution in [0, 0.1) is 5.41 Å². The molecule has 37 heavy (non-hydrogen) atoms. The molecule has 13 heteroatoms. The maximum Gasteiger partial charge on any atom is 0.347 e. The largest absolute Gasteiger partial charge is 0.478 e. The Hall–Kier alpha value is -2.06. The minimum absolute atomic E-state index is 0.0407. The van der Waals surface area contributed by atoms with Crippen LogP contribution in [-0.2, 0) is 38.2 Å². The molecule has 0 saturated carbocycles. The molecule has 1 heterocycles. The second-order valence-corrected chi connectivity index (χ2v) is 11.7. The lowest BCUT2D eigenvalue weighted by atomic mass is 9.79. The summed E-state index contributed by atoms with van der Waals surface area (Å²) >= 11 is 3.97. The van der Waals surface area contributed by atoms with Crippen molar-refractivity contribution in [3.63, 3.8) is 0 Å². The number of carbonyl (C=O) groups excluding carboxylic acids is 4. The van der Waals surface area contributed by atoms with Gasteiger partial charge in [-0.05, 0) is 34.1 Å².